The van der Waals surface area contributed by atoms with Gasteiger partial charge in [-0.2, -0.15) is 0 Å². The minimum absolute atomic E-state index is 0.0851. The second-order valence-electron chi connectivity index (χ2n) is 6.20. The van der Waals surface area contributed by atoms with Crippen LogP contribution in [0.4, 0.5) is 0 Å². The Balaban J connectivity index is 0.000000187. The van der Waals surface area contributed by atoms with Gasteiger partial charge in [-0.25, -0.2) is 13.0 Å². The summed E-state index contributed by atoms with van der Waals surface area (Å²) in [6, 6.07) is 13.7. The number of hydrogen-bond donors (Lipinski definition) is 1. The third kappa shape index (κ3) is 5.44. The Morgan fingerprint density at radius 2 is 1.65 bits per heavy atom. The Morgan fingerprint density at radius 1 is 1.08 bits per heavy atom. The number of nitrogens with two attached hydrogens (primary N) is 1. The van der Waals surface area contributed by atoms with Gasteiger partial charge in [-0.05, 0) is 37.5 Å². The highest BCUT2D eigenvalue weighted by molar-refractivity contribution is 7.85. The smallest absolute Gasteiger partial charge is 0.267 e. The summed E-state index contributed by atoms with van der Waals surface area (Å²) in [5.74, 6) is 5.53. The van der Waals surface area contributed by atoms with Crippen molar-refractivity contribution in [2.75, 3.05) is 5.84 Å². The zero-order valence-corrected chi connectivity index (χ0v) is 15.9. The van der Waals surface area contributed by atoms with E-state index in [1.807, 2.05) is 48.4 Å². The number of aromatic nitrogens is 2. The largest absolute Gasteiger partial charge is 0.744 e. The van der Waals surface area contributed by atoms with Gasteiger partial charge in [0.25, 0.3) is 6.33 Å². The molecule has 1 aromatic heterocycles. The molecular weight excluding hydrogens is 350 g/mol. The molecule has 2 N–H and O–H groups in total. The van der Waals surface area contributed by atoms with E-state index in [0.717, 1.165) is 12.1 Å². The molecular formula is C19H23N3O3S. The van der Waals surface area contributed by atoms with Crippen LogP contribution in [0.1, 0.15) is 22.3 Å². The van der Waals surface area contributed by atoms with Gasteiger partial charge in [-0.15, -0.1) is 4.68 Å². The lowest BCUT2D eigenvalue weighted by Crippen LogP contribution is -2.32. The maximum absolute atomic E-state index is 10.8. The van der Waals surface area contributed by atoms with Crippen LogP contribution >= 0.6 is 0 Å². The highest BCUT2D eigenvalue weighted by Gasteiger charge is 2.09. The van der Waals surface area contributed by atoms with E-state index in [2.05, 4.69) is 12.1 Å². The molecule has 0 aliphatic carbocycles. The normalized spacial score (nSPS) is 10.9. The summed E-state index contributed by atoms with van der Waals surface area (Å²) in [7, 11) is -4.33. The van der Waals surface area contributed by atoms with Crippen molar-refractivity contribution in [1.82, 2.24) is 4.68 Å². The lowest BCUT2D eigenvalue weighted by atomic mass is 10.1. The summed E-state index contributed by atoms with van der Waals surface area (Å²) in [6.07, 6.45) is 5.63. The van der Waals surface area contributed by atoms with Crippen molar-refractivity contribution in [3.63, 3.8) is 0 Å². The van der Waals surface area contributed by atoms with Crippen LogP contribution in [0.3, 0.4) is 0 Å². The molecule has 0 spiro atoms. The summed E-state index contributed by atoms with van der Waals surface area (Å²) in [5, 5.41) is 0. The summed E-state index contributed by atoms with van der Waals surface area (Å²) in [4.78, 5) is -0.0851. The molecule has 3 rings (SSSR count). The van der Waals surface area contributed by atoms with E-state index in [-0.39, 0.29) is 4.90 Å². The second-order valence-corrected chi connectivity index (χ2v) is 7.52. The Labute approximate surface area is 154 Å². The number of benzene rings is 2. The molecule has 1 heterocycles. The van der Waals surface area contributed by atoms with Crippen molar-refractivity contribution >= 4 is 10.1 Å². The predicted molar refractivity (Wildman–Crippen MR) is 98.9 cm³/mol. The SMILES string of the molecule is Cc1cc(C)c(S(=O)(=O)[O-])c(C)c1.Nn1cc[n+](Cc2ccccc2)c1. The van der Waals surface area contributed by atoms with Crippen LogP contribution in [0, 0.1) is 20.8 Å². The van der Waals surface area contributed by atoms with Gasteiger partial charge >= 0.3 is 0 Å². The van der Waals surface area contributed by atoms with Crippen molar-refractivity contribution in [1.29, 1.82) is 0 Å². The molecule has 0 fully saturated rings. The van der Waals surface area contributed by atoms with E-state index in [4.69, 9.17) is 5.84 Å². The summed E-state index contributed by atoms with van der Waals surface area (Å²) in [5.41, 5.74) is 3.28. The first-order valence-electron chi connectivity index (χ1n) is 8.06. The molecule has 0 bridgehead atoms. The average molecular weight is 373 g/mol. The molecule has 0 aliphatic heterocycles. The number of imidazole rings is 1. The lowest BCUT2D eigenvalue weighted by Gasteiger charge is -2.14. The first kappa shape index (κ1) is 19.7. The minimum atomic E-state index is -4.33. The molecule has 6 nitrogen and oxygen atoms in total. The quantitative estimate of drug-likeness (QED) is 0.432. The van der Waals surface area contributed by atoms with Crippen LogP contribution in [0.5, 0.6) is 0 Å². The third-order valence-electron chi connectivity index (χ3n) is 3.77. The molecule has 0 radical (unpaired) electrons. The molecule has 3 aromatic rings. The topological polar surface area (TPSA) is 92.0 Å². The van der Waals surface area contributed by atoms with Gasteiger partial charge in [0.1, 0.15) is 22.9 Å². The number of rotatable bonds is 3. The fourth-order valence-corrected chi connectivity index (χ4v) is 3.77. The van der Waals surface area contributed by atoms with Crippen molar-refractivity contribution in [2.45, 2.75) is 32.2 Å². The van der Waals surface area contributed by atoms with Crippen molar-refractivity contribution in [3.8, 4) is 0 Å². The summed E-state index contributed by atoms with van der Waals surface area (Å²) in [6.45, 7) is 5.99. The lowest BCUT2D eigenvalue weighted by molar-refractivity contribution is -0.687. The van der Waals surface area contributed by atoms with Gasteiger partial charge in [-0.3, -0.25) is 5.84 Å². The number of aryl methyl sites for hydroxylation is 3. The molecule has 0 atom stereocenters. The summed E-state index contributed by atoms with van der Waals surface area (Å²) < 4.78 is 36.1. The maximum Gasteiger partial charge on any atom is 0.267 e. The van der Waals surface area contributed by atoms with Crippen LogP contribution in [-0.2, 0) is 16.7 Å². The van der Waals surface area contributed by atoms with E-state index in [9.17, 15) is 13.0 Å². The Kier molecular flexibility index (Phi) is 6.18. The predicted octanol–water partition coefficient (Wildman–Crippen LogP) is 2.05. The molecule has 0 saturated carbocycles. The van der Waals surface area contributed by atoms with Gasteiger partial charge in [0, 0.05) is 0 Å². The van der Waals surface area contributed by atoms with Gasteiger partial charge in [-0.1, -0.05) is 48.0 Å². The van der Waals surface area contributed by atoms with Gasteiger partial charge in [0.15, 0.2) is 6.20 Å². The monoisotopic (exact) mass is 373 g/mol. The van der Waals surface area contributed by atoms with Gasteiger partial charge in [0.2, 0.25) is 0 Å². The Hall–Kier alpha value is -2.64. The fraction of sp³-hybridized carbons (Fsp3) is 0.211. The standard InChI is InChI=1S/C10H12N3.C9H12O3S/c11-13-7-6-12(9-13)8-10-4-2-1-3-5-10;1-6-4-7(2)9(8(3)5-6)13(10,11)12/h1-7,9H,8,11H2;4-5H,1-3H3,(H,10,11,12)/q+1;/p-1. The average Bonchev–Trinajstić information content (AvgIpc) is 2.91. The van der Waals surface area contributed by atoms with Crippen molar-refractivity contribution in [3.05, 3.63) is 83.4 Å². The van der Waals surface area contributed by atoms with Crippen LogP contribution in [0.2, 0.25) is 0 Å². The fourth-order valence-electron chi connectivity index (χ4n) is 2.86. The molecule has 7 heteroatoms. The number of nitrogens with zero attached hydrogens (tertiary/aromatic N) is 2. The van der Waals surface area contributed by atoms with E-state index in [0.29, 0.717) is 11.1 Å². The van der Waals surface area contributed by atoms with Crippen LogP contribution in [0.25, 0.3) is 0 Å². The van der Waals surface area contributed by atoms with E-state index in [1.54, 1.807) is 30.7 Å². The number of hydrogen-bond acceptors (Lipinski definition) is 4. The molecule has 0 saturated heterocycles. The third-order valence-corrected chi connectivity index (χ3v) is 4.92. The van der Waals surface area contributed by atoms with Crippen LogP contribution < -0.4 is 10.4 Å². The Bertz CT molecular complexity index is 957. The molecule has 0 unspecified atom stereocenters. The van der Waals surface area contributed by atoms with E-state index in [1.165, 1.54) is 5.56 Å². The zero-order chi connectivity index (χ0) is 19.3. The first-order valence-corrected chi connectivity index (χ1v) is 9.47. The second kappa shape index (κ2) is 8.16. The zero-order valence-electron chi connectivity index (χ0n) is 15.1. The molecule has 138 valence electrons. The Morgan fingerprint density at radius 3 is 2.12 bits per heavy atom. The minimum Gasteiger partial charge on any atom is -0.744 e. The first-order chi connectivity index (χ1) is 12.2. The molecule has 0 amide bonds. The van der Waals surface area contributed by atoms with Crippen LogP contribution in [0.15, 0.2) is 66.1 Å². The molecule has 2 aromatic carbocycles. The highest BCUT2D eigenvalue weighted by Crippen LogP contribution is 2.20. The molecule has 26 heavy (non-hydrogen) atoms. The van der Waals surface area contributed by atoms with Crippen molar-refractivity contribution < 1.29 is 17.5 Å². The maximum atomic E-state index is 10.8. The van der Waals surface area contributed by atoms with Crippen molar-refractivity contribution in [2.24, 2.45) is 0 Å². The van der Waals surface area contributed by atoms with Crippen LogP contribution in [-0.4, -0.2) is 17.6 Å². The molecule has 0 aliphatic rings. The number of nitrogen functional groups attached to an aromatic ring is 1. The van der Waals surface area contributed by atoms with E-state index >= 15 is 0 Å². The summed E-state index contributed by atoms with van der Waals surface area (Å²) >= 11 is 0. The van der Waals surface area contributed by atoms with Gasteiger partial charge in [0.05, 0.1) is 4.90 Å². The van der Waals surface area contributed by atoms with E-state index < -0.39 is 10.1 Å². The highest BCUT2D eigenvalue weighted by atomic mass is 32.2. The van der Waals surface area contributed by atoms with Gasteiger partial charge < -0.3 is 4.55 Å².